The number of hydrogen-bond donors (Lipinski definition) is 2. The van der Waals surface area contributed by atoms with Crippen molar-refractivity contribution in [2.75, 3.05) is 31.6 Å². The standard InChI is InChI=1S/C22H26N2O3S/c1-2-27-22(26)17-9-8-14-24(15-17)16-21(25)23-19-12-6-7-13-20(19)28-18-10-4-3-5-11-18/h3-7,10-13,17H,2,8-9,14-16H2,1H3,(H,23,25)/p+1/t17-/m1/s1. The molecule has 2 aromatic carbocycles. The maximum atomic E-state index is 12.6. The normalized spacial score (nSPS) is 19.0. The van der Waals surface area contributed by atoms with Gasteiger partial charge in [0, 0.05) is 9.79 Å². The van der Waals surface area contributed by atoms with E-state index in [-0.39, 0.29) is 17.8 Å². The molecule has 0 radical (unpaired) electrons. The number of quaternary nitrogens is 1. The van der Waals surface area contributed by atoms with Gasteiger partial charge in [-0.25, -0.2) is 0 Å². The van der Waals surface area contributed by atoms with Crippen LogP contribution in [0, 0.1) is 5.92 Å². The van der Waals surface area contributed by atoms with E-state index in [0.29, 0.717) is 19.7 Å². The maximum Gasteiger partial charge on any atom is 0.314 e. The number of carbonyl (C=O) groups is 2. The number of hydrogen-bond acceptors (Lipinski definition) is 4. The van der Waals surface area contributed by atoms with Crippen LogP contribution in [-0.4, -0.2) is 38.1 Å². The minimum atomic E-state index is -0.135. The van der Waals surface area contributed by atoms with Crippen molar-refractivity contribution in [3.05, 3.63) is 54.6 Å². The number of para-hydroxylation sites is 1. The lowest BCUT2D eigenvalue weighted by molar-refractivity contribution is -0.899. The molecule has 0 saturated carbocycles. The van der Waals surface area contributed by atoms with E-state index in [1.807, 2.05) is 49.4 Å². The number of nitrogens with one attached hydrogen (secondary N) is 2. The summed E-state index contributed by atoms with van der Waals surface area (Å²) in [7, 11) is 0. The van der Waals surface area contributed by atoms with Crippen LogP contribution in [0.25, 0.3) is 0 Å². The molecule has 1 aliphatic rings. The number of ether oxygens (including phenoxy) is 1. The Morgan fingerprint density at radius 1 is 1.14 bits per heavy atom. The molecule has 5 nitrogen and oxygen atoms in total. The summed E-state index contributed by atoms with van der Waals surface area (Å²) >= 11 is 1.63. The van der Waals surface area contributed by atoms with Crippen LogP contribution >= 0.6 is 11.8 Å². The summed E-state index contributed by atoms with van der Waals surface area (Å²) < 4.78 is 5.15. The zero-order valence-electron chi connectivity index (χ0n) is 16.1. The Hall–Kier alpha value is -2.31. The van der Waals surface area contributed by atoms with Gasteiger partial charge in [0.25, 0.3) is 5.91 Å². The van der Waals surface area contributed by atoms with Crippen molar-refractivity contribution in [1.82, 2.24) is 0 Å². The summed E-state index contributed by atoms with van der Waals surface area (Å²) in [5, 5.41) is 3.05. The van der Waals surface area contributed by atoms with Gasteiger partial charge in [0.1, 0.15) is 5.92 Å². The third kappa shape index (κ3) is 5.84. The minimum absolute atomic E-state index is 0.0272. The van der Waals surface area contributed by atoms with Crippen LogP contribution in [0.5, 0.6) is 0 Å². The summed E-state index contributed by atoms with van der Waals surface area (Å²) in [6, 6.07) is 17.9. The van der Waals surface area contributed by atoms with E-state index in [1.54, 1.807) is 11.8 Å². The van der Waals surface area contributed by atoms with E-state index in [9.17, 15) is 9.59 Å². The van der Waals surface area contributed by atoms with Gasteiger partial charge < -0.3 is 15.0 Å². The summed E-state index contributed by atoms with van der Waals surface area (Å²) in [6.45, 7) is 4.15. The van der Waals surface area contributed by atoms with E-state index in [4.69, 9.17) is 4.74 Å². The molecule has 28 heavy (non-hydrogen) atoms. The fourth-order valence-corrected chi connectivity index (χ4v) is 4.39. The van der Waals surface area contributed by atoms with Gasteiger partial charge in [-0.05, 0) is 44.0 Å². The van der Waals surface area contributed by atoms with E-state index in [1.165, 1.54) is 0 Å². The van der Waals surface area contributed by atoms with Gasteiger partial charge in [0.05, 0.1) is 25.4 Å². The predicted octanol–water partition coefficient (Wildman–Crippen LogP) is 2.63. The van der Waals surface area contributed by atoms with Gasteiger partial charge in [0.15, 0.2) is 6.54 Å². The summed E-state index contributed by atoms with van der Waals surface area (Å²) in [5.74, 6) is -0.261. The first-order valence-corrected chi connectivity index (χ1v) is 10.6. The first-order chi connectivity index (χ1) is 13.7. The molecule has 2 N–H and O–H groups in total. The average Bonchev–Trinajstić information content (AvgIpc) is 2.70. The molecule has 3 rings (SSSR count). The number of esters is 1. The lowest BCUT2D eigenvalue weighted by atomic mass is 9.98. The number of piperidine rings is 1. The monoisotopic (exact) mass is 399 g/mol. The van der Waals surface area contributed by atoms with Crippen LogP contribution < -0.4 is 10.2 Å². The number of rotatable bonds is 7. The number of carbonyl (C=O) groups excluding carboxylic acids is 2. The molecule has 1 saturated heterocycles. The van der Waals surface area contributed by atoms with Gasteiger partial charge in [-0.3, -0.25) is 9.59 Å². The summed E-state index contributed by atoms with van der Waals surface area (Å²) in [5.41, 5.74) is 0.819. The molecule has 148 valence electrons. The molecule has 0 aromatic heterocycles. The van der Waals surface area contributed by atoms with Gasteiger partial charge in [-0.15, -0.1) is 0 Å². The molecule has 1 fully saturated rings. The van der Waals surface area contributed by atoms with Gasteiger partial charge in [-0.1, -0.05) is 42.1 Å². The smallest absolute Gasteiger partial charge is 0.314 e. The van der Waals surface area contributed by atoms with Crippen LogP contribution in [0.15, 0.2) is 64.4 Å². The van der Waals surface area contributed by atoms with Crippen molar-refractivity contribution >= 4 is 29.3 Å². The largest absolute Gasteiger partial charge is 0.466 e. The fourth-order valence-electron chi connectivity index (χ4n) is 3.47. The Kier molecular flexibility index (Phi) is 7.51. The van der Waals surface area contributed by atoms with Gasteiger partial charge >= 0.3 is 5.97 Å². The van der Waals surface area contributed by atoms with Crippen molar-refractivity contribution in [2.24, 2.45) is 5.92 Å². The molecular formula is C22H27N2O3S+. The Morgan fingerprint density at radius 3 is 2.68 bits per heavy atom. The average molecular weight is 400 g/mol. The third-order valence-corrected chi connectivity index (χ3v) is 5.86. The van der Waals surface area contributed by atoms with Gasteiger partial charge in [-0.2, -0.15) is 0 Å². The molecule has 6 heteroatoms. The zero-order chi connectivity index (χ0) is 19.8. The molecule has 1 heterocycles. The SMILES string of the molecule is CCOC(=O)[C@@H]1CCC[NH+](CC(=O)Nc2ccccc2Sc2ccccc2)C1. The summed E-state index contributed by atoms with van der Waals surface area (Å²) in [6.07, 6.45) is 1.78. The highest BCUT2D eigenvalue weighted by molar-refractivity contribution is 7.99. The van der Waals surface area contributed by atoms with Gasteiger partial charge in [0.2, 0.25) is 0 Å². The van der Waals surface area contributed by atoms with E-state index < -0.39 is 0 Å². The van der Waals surface area contributed by atoms with Crippen LogP contribution in [0.2, 0.25) is 0 Å². The molecule has 1 amide bonds. The van der Waals surface area contributed by atoms with Crippen LogP contribution in [0.4, 0.5) is 5.69 Å². The zero-order valence-corrected chi connectivity index (χ0v) is 17.0. The van der Waals surface area contributed by atoms with Crippen molar-refractivity contribution in [3.8, 4) is 0 Å². The molecular weight excluding hydrogens is 372 g/mol. The second-order valence-corrected chi connectivity index (χ2v) is 8.05. The second-order valence-electron chi connectivity index (χ2n) is 6.93. The third-order valence-electron chi connectivity index (χ3n) is 4.78. The number of amides is 1. The van der Waals surface area contributed by atoms with Crippen molar-refractivity contribution in [2.45, 2.75) is 29.6 Å². The second kappa shape index (κ2) is 10.3. The highest BCUT2D eigenvalue weighted by Crippen LogP contribution is 2.33. The number of benzene rings is 2. The molecule has 0 bridgehead atoms. The molecule has 2 atom stereocenters. The summed E-state index contributed by atoms with van der Waals surface area (Å²) in [4.78, 5) is 27.9. The Balaban J connectivity index is 1.58. The topological polar surface area (TPSA) is 59.8 Å². The highest BCUT2D eigenvalue weighted by Gasteiger charge is 2.30. The van der Waals surface area contributed by atoms with Crippen LogP contribution in [0.3, 0.4) is 0 Å². The molecule has 0 spiro atoms. The van der Waals surface area contributed by atoms with E-state index >= 15 is 0 Å². The maximum absolute atomic E-state index is 12.6. The lowest BCUT2D eigenvalue weighted by Crippen LogP contribution is -3.14. The minimum Gasteiger partial charge on any atom is -0.466 e. The van der Waals surface area contributed by atoms with E-state index in [0.717, 1.165) is 39.8 Å². The first-order valence-electron chi connectivity index (χ1n) is 9.77. The Labute approximate surface area is 170 Å². The van der Waals surface area contributed by atoms with Crippen LogP contribution in [0.1, 0.15) is 19.8 Å². The molecule has 0 aliphatic carbocycles. The van der Waals surface area contributed by atoms with Crippen molar-refractivity contribution in [3.63, 3.8) is 0 Å². The Bertz CT molecular complexity index is 797. The fraction of sp³-hybridized carbons (Fsp3) is 0.364. The number of anilines is 1. The lowest BCUT2D eigenvalue weighted by Gasteiger charge is -2.28. The highest BCUT2D eigenvalue weighted by atomic mass is 32.2. The van der Waals surface area contributed by atoms with Crippen molar-refractivity contribution < 1.29 is 19.2 Å². The van der Waals surface area contributed by atoms with Crippen molar-refractivity contribution in [1.29, 1.82) is 0 Å². The molecule has 1 aliphatic heterocycles. The number of likely N-dealkylation sites (tertiary alicyclic amines) is 1. The molecule has 1 unspecified atom stereocenters. The van der Waals surface area contributed by atoms with E-state index in [2.05, 4.69) is 17.4 Å². The predicted molar refractivity (Wildman–Crippen MR) is 111 cm³/mol. The Morgan fingerprint density at radius 2 is 1.89 bits per heavy atom. The van der Waals surface area contributed by atoms with Crippen LogP contribution in [-0.2, 0) is 14.3 Å². The molecule has 2 aromatic rings. The first kappa shape index (κ1) is 20.4. The quantitative estimate of drug-likeness (QED) is 0.703.